The number of hydrogen-bond acceptors (Lipinski definition) is 3. The van der Waals surface area contributed by atoms with Crippen LogP contribution in [-0.4, -0.2) is 12.6 Å². The molecule has 0 fully saturated rings. The number of esters is 1. The van der Waals surface area contributed by atoms with Gasteiger partial charge in [0.1, 0.15) is 11.5 Å². The summed E-state index contributed by atoms with van der Waals surface area (Å²) in [5.41, 5.74) is 1.75. The fraction of sp³-hybridized carbons (Fsp3) is 0.167. The van der Waals surface area contributed by atoms with Gasteiger partial charge in [0, 0.05) is 10.5 Å². The average Bonchev–Trinajstić information content (AvgIpc) is 2.50. The minimum absolute atomic E-state index is 0.334. The van der Waals surface area contributed by atoms with E-state index in [0.29, 0.717) is 6.61 Å². The third-order valence-corrected chi connectivity index (χ3v) is 3.49. The maximum atomic E-state index is 11.5. The summed E-state index contributed by atoms with van der Waals surface area (Å²) in [6.07, 6.45) is 1.49. The van der Waals surface area contributed by atoms with Gasteiger partial charge in [0.05, 0.1) is 6.61 Å². The molecule has 22 heavy (non-hydrogen) atoms. The van der Waals surface area contributed by atoms with Gasteiger partial charge in [-0.25, -0.2) is 4.79 Å². The molecule has 0 spiro atoms. The zero-order valence-electron chi connectivity index (χ0n) is 12.5. The molecular formula is C18H17BrO3. The van der Waals surface area contributed by atoms with Crippen LogP contribution in [0.15, 0.2) is 59.1 Å². The summed E-state index contributed by atoms with van der Waals surface area (Å²) in [4.78, 5) is 11.5. The van der Waals surface area contributed by atoms with Crippen molar-refractivity contribution in [2.24, 2.45) is 0 Å². The molecule has 0 saturated carbocycles. The van der Waals surface area contributed by atoms with Gasteiger partial charge in [0.25, 0.3) is 0 Å². The largest absolute Gasteiger partial charge is 0.463 e. The van der Waals surface area contributed by atoms with E-state index >= 15 is 0 Å². The molecule has 0 unspecified atom stereocenters. The van der Waals surface area contributed by atoms with Crippen molar-refractivity contribution in [1.82, 2.24) is 0 Å². The summed E-state index contributed by atoms with van der Waals surface area (Å²) in [5.74, 6) is 1.14. The Labute approximate surface area is 138 Å². The predicted octanol–water partition coefficient (Wildman–Crippen LogP) is 5.21. The van der Waals surface area contributed by atoms with Crippen molar-refractivity contribution in [3.8, 4) is 11.5 Å². The number of carbonyl (C=O) groups excluding carboxylic acids is 1. The number of halogens is 1. The highest BCUT2D eigenvalue weighted by atomic mass is 79.9. The Morgan fingerprint density at radius 2 is 1.86 bits per heavy atom. The second kappa shape index (κ2) is 7.80. The van der Waals surface area contributed by atoms with Crippen LogP contribution < -0.4 is 4.74 Å². The van der Waals surface area contributed by atoms with Crippen molar-refractivity contribution in [1.29, 1.82) is 0 Å². The molecule has 0 aliphatic heterocycles. The molecule has 0 radical (unpaired) electrons. The summed E-state index contributed by atoms with van der Waals surface area (Å²) < 4.78 is 11.7. The van der Waals surface area contributed by atoms with Crippen molar-refractivity contribution in [3.05, 3.63) is 64.6 Å². The van der Waals surface area contributed by atoms with Gasteiger partial charge in [-0.1, -0.05) is 28.1 Å². The number of allylic oxidation sites excluding steroid dienone is 1. The Morgan fingerprint density at radius 1 is 1.14 bits per heavy atom. The van der Waals surface area contributed by atoms with Gasteiger partial charge in [-0.2, -0.15) is 0 Å². The number of ether oxygens (including phenoxy) is 2. The van der Waals surface area contributed by atoms with Crippen LogP contribution in [0.2, 0.25) is 0 Å². The number of benzene rings is 2. The van der Waals surface area contributed by atoms with Gasteiger partial charge in [-0.3, -0.25) is 0 Å². The highest BCUT2D eigenvalue weighted by molar-refractivity contribution is 9.10. The van der Waals surface area contributed by atoms with Gasteiger partial charge in [0.15, 0.2) is 0 Å². The zero-order chi connectivity index (χ0) is 15.9. The monoisotopic (exact) mass is 360 g/mol. The lowest BCUT2D eigenvalue weighted by molar-refractivity contribution is -0.137. The Morgan fingerprint density at radius 3 is 2.55 bits per heavy atom. The first-order valence-electron chi connectivity index (χ1n) is 6.97. The van der Waals surface area contributed by atoms with E-state index in [2.05, 4.69) is 15.9 Å². The first kappa shape index (κ1) is 16.3. The van der Waals surface area contributed by atoms with Crippen molar-refractivity contribution in [2.75, 3.05) is 6.61 Å². The molecule has 0 aliphatic carbocycles. The van der Waals surface area contributed by atoms with Gasteiger partial charge >= 0.3 is 5.97 Å². The van der Waals surface area contributed by atoms with E-state index < -0.39 is 0 Å². The summed E-state index contributed by atoms with van der Waals surface area (Å²) >= 11 is 3.39. The van der Waals surface area contributed by atoms with Crippen LogP contribution in [0, 0.1) is 0 Å². The molecule has 0 aromatic heterocycles. The van der Waals surface area contributed by atoms with Crippen molar-refractivity contribution < 1.29 is 14.3 Å². The van der Waals surface area contributed by atoms with Gasteiger partial charge in [-0.05, 0) is 61.4 Å². The molecule has 0 N–H and O–H groups in total. The third-order valence-electron chi connectivity index (χ3n) is 2.96. The summed E-state index contributed by atoms with van der Waals surface area (Å²) in [5, 5.41) is 0. The molecule has 2 aromatic carbocycles. The van der Waals surface area contributed by atoms with Crippen LogP contribution in [0.5, 0.6) is 11.5 Å². The van der Waals surface area contributed by atoms with E-state index in [4.69, 9.17) is 9.47 Å². The Bertz CT molecular complexity index is 675. The van der Waals surface area contributed by atoms with Crippen LogP contribution in [0.4, 0.5) is 0 Å². The van der Waals surface area contributed by atoms with Crippen molar-refractivity contribution in [2.45, 2.75) is 13.8 Å². The molecule has 0 atom stereocenters. The van der Waals surface area contributed by atoms with Crippen LogP contribution in [-0.2, 0) is 9.53 Å². The van der Waals surface area contributed by atoms with Gasteiger partial charge in [-0.15, -0.1) is 0 Å². The summed E-state index contributed by atoms with van der Waals surface area (Å²) in [6.45, 7) is 4.03. The van der Waals surface area contributed by atoms with Crippen molar-refractivity contribution in [3.63, 3.8) is 0 Å². The number of rotatable bonds is 5. The average molecular weight is 361 g/mol. The smallest absolute Gasteiger partial charge is 0.331 e. The second-order valence-corrected chi connectivity index (χ2v) is 5.58. The van der Waals surface area contributed by atoms with Crippen LogP contribution in [0.1, 0.15) is 19.4 Å². The normalized spacial score (nSPS) is 11.1. The van der Waals surface area contributed by atoms with E-state index in [9.17, 15) is 4.79 Å². The summed E-state index contributed by atoms with van der Waals surface area (Å²) in [6, 6.07) is 15.2. The third kappa shape index (κ3) is 4.74. The molecule has 4 heteroatoms. The SMILES string of the molecule is CCOC(=O)C=C(C)c1cccc(Oc2ccc(Br)cc2)c1. The molecule has 114 valence electrons. The summed E-state index contributed by atoms with van der Waals surface area (Å²) in [7, 11) is 0. The predicted molar refractivity (Wildman–Crippen MR) is 90.9 cm³/mol. The Hall–Kier alpha value is -2.07. The van der Waals surface area contributed by atoms with Crippen LogP contribution in [0.3, 0.4) is 0 Å². The molecule has 0 aliphatic rings. The van der Waals surface area contributed by atoms with E-state index in [0.717, 1.165) is 27.1 Å². The van der Waals surface area contributed by atoms with Gasteiger partial charge < -0.3 is 9.47 Å². The molecule has 0 amide bonds. The van der Waals surface area contributed by atoms with E-state index in [1.165, 1.54) is 6.08 Å². The quantitative estimate of drug-likeness (QED) is 0.542. The molecule has 0 bridgehead atoms. The Balaban J connectivity index is 2.15. The topological polar surface area (TPSA) is 35.5 Å². The zero-order valence-corrected chi connectivity index (χ0v) is 14.1. The lowest BCUT2D eigenvalue weighted by Crippen LogP contribution is -2.00. The fourth-order valence-electron chi connectivity index (χ4n) is 1.89. The lowest BCUT2D eigenvalue weighted by Gasteiger charge is -2.08. The molecule has 0 saturated heterocycles. The molecule has 2 aromatic rings. The fourth-order valence-corrected chi connectivity index (χ4v) is 2.15. The standard InChI is InChI=1S/C18H17BrO3/c1-3-21-18(20)11-13(2)14-5-4-6-17(12-14)22-16-9-7-15(19)8-10-16/h4-12H,3H2,1-2H3. The second-order valence-electron chi connectivity index (χ2n) is 4.66. The van der Waals surface area contributed by atoms with Crippen LogP contribution >= 0.6 is 15.9 Å². The minimum Gasteiger partial charge on any atom is -0.463 e. The molecular weight excluding hydrogens is 344 g/mol. The van der Waals surface area contributed by atoms with E-state index in [-0.39, 0.29) is 5.97 Å². The lowest BCUT2D eigenvalue weighted by atomic mass is 10.1. The van der Waals surface area contributed by atoms with Crippen LogP contribution in [0.25, 0.3) is 5.57 Å². The molecule has 3 nitrogen and oxygen atoms in total. The molecule has 0 heterocycles. The molecule has 2 rings (SSSR count). The first-order valence-corrected chi connectivity index (χ1v) is 7.76. The Kier molecular flexibility index (Phi) is 5.78. The highest BCUT2D eigenvalue weighted by Crippen LogP contribution is 2.26. The van der Waals surface area contributed by atoms with E-state index in [1.807, 2.05) is 55.5 Å². The number of hydrogen-bond donors (Lipinski definition) is 0. The number of carbonyl (C=O) groups is 1. The maximum Gasteiger partial charge on any atom is 0.331 e. The first-order chi connectivity index (χ1) is 10.6. The van der Waals surface area contributed by atoms with Crippen molar-refractivity contribution >= 4 is 27.5 Å². The minimum atomic E-state index is -0.334. The van der Waals surface area contributed by atoms with Gasteiger partial charge in [0.2, 0.25) is 0 Å². The van der Waals surface area contributed by atoms with E-state index in [1.54, 1.807) is 6.92 Å². The highest BCUT2D eigenvalue weighted by Gasteiger charge is 2.04. The maximum absolute atomic E-state index is 11.5.